The molecule has 2 unspecified atom stereocenters. The van der Waals surface area contributed by atoms with Crippen molar-refractivity contribution in [3.63, 3.8) is 0 Å². The Morgan fingerprint density at radius 2 is 2.43 bits per heavy atom. The highest BCUT2D eigenvalue weighted by Gasteiger charge is 2.32. The SMILES string of the molecule is CSCC1CC1N. The number of nitrogens with two attached hydrogens (primary N) is 1. The Labute approximate surface area is 48.7 Å². The summed E-state index contributed by atoms with van der Waals surface area (Å²) in [7, 11) is 0. The first-order chi connectivity index (χ1) is 3.34. The van der Waals surface area contributed by atoms with Gasteiger partial charge in [-0.1, -0.05) is 0 Å². The van der Waals surface area contributed by atoms with Gasteiger partial charge < -0.3 is 5.73 Å². The van der Waals surface area contributed by atoms with Crippen molar-refractivity contribution < 1.29 is 0 Å². The maximum atomic E-state index is 5.54. The maximum Gasteiger partial charge on any atom is 0.00791 e. The van der Waals surface area contributed by atoms with Gasteiger partial charge in [0.25, 0.3) is 0 Å². The van der Waals surface area contributed by atoms with Crippen LogP contribution in [0.25, 0.3) is 0 Å². The molecule has 0 aromatic carbocycles. The van der Waals surface area contributed by atoms with Crippen molar-refractivity contribution in [2.75, 3.05) is 12.0 Å². The third kappa shape index (κ3) is 1.35. The van der Waals surface area contributed by atoms with Crippen molar-refractivity contribution in [3.05, 3.63) is 0 Å². The second kappa shape index (κ2) is 2.05. The van der Waals surface area contributed by atoms with E-state index in [0.717, 1.165) is 5.92 Å². The summed E-state index contributed by atoms with van der Waals surface area (Å²) < 4.78 is 0. The molecular formula is C5H11NS. The van der Waals surface area contributed by atoms with E-state index < -0.39 is 0 Å². The Morgan fingerprint density at radius 3 is 2.57 bits per heavy atom. The second-order valence-corrected chi connectivity index (χ2v) is 3.03. The largest absolute Gasteiger partial charge is 0.327 e. The van der Waals surface area contributed by atoms with Crippen molar-refractivity contribution in [2.24, 2.45) is 11.7 Å². The fourth-order valence-corrected chi connectivity index (χ4v) is 1.49. The summed E-state index contributed by atoms with van der Waals surface area (Å²) in [4.78, 5) is 0. The molecule has 0 aliphatic heterocycles. The highest BCUT2D eigenvalue weighted by atomic mass is 32.2. The standard InChI is InChI=1S/C5H11NS/c1-7-3-4-2-5(4)6/h4-5H,2-3,6H2,1H3. The van der Waals surface area contributed by atoms with E-state index in [2.05, 4.69) is 6.26 Å². The summed E-state index contributed by atoms with van der Waals surface area (Å²) in [5.41, 5.74) is 5.54. The van der Waals surface area contributed by atoms with Gasteiger partial charge in [-0.2, -0.15) is 11.8 Å². The van der Waals surface area contributed by atoms with E-state index in [1.807, 2.05) is 11.8 Å². The third-order valence-corrected chi connectivity index (χ3v) is 2.12. The van der Waals surface area contributed by atoms with E-state index in [9.17, 15) is 0 Å². The normalized spacial score (nSPS) is 38.6. The summed E-state index contributed by atoms with van der Waals surface area (Å²) >= 11 is 1.90. The van der Waals surface area contributed by atoms with Gasteiger partial charge in [0.1, 0.15) is 0 Å². The van der Waals surface area contributed by atoms with E-state index in [0.29, 0.717) is 6.04 Å². The van der Waals surface area contributed by atoms with Crippen LogP contribution in [0.15, 0.2) is 0 Å². The lowest BCUT2D eigenvalue weighted by molar-refractivity contribution is 0.908. The monoisotopic (exact) mass is 117 g/mol. The van der Waals surface area contributed by atoms with Crippen LogP contribution in [0.4, 0.5) is 0 Å². The molecule has 0 aromatic heterocycles. The molecule has 1 aliphatic rings. The van der Waals surface area contributed by atoms with Gasteiger partial charge in [-0.15, -0.1) is 0 Å². The number of hydrogen-bond donors (Lipinski definition) is 1. The molecule has 0 radical (unpaired) electrons. The first kappa shape index (κ1) is 5.45. The maximum absolute atomic E-state index is 5.54. The van der Waals surface area contributed by atoms with Crippen LogP contribution in [0.5, 0.6) is 0 Å². The zero-order valence-corrected chi connectivity index (χ0v) is 5.37. The molecule has 0 spiro atoms. The van der Waals surface area contributed by atoms with Crippen molar-refractivity contribution in [2.45, 2.75) is 12.5 Å². The first-order valence-corrected chi connectivity index (χ1v) is 3.98. The van der Waals surface area contributed by atoms with E-state index in [4.69, 9.17) is 5.73 Å². The van der Waals surface area contributed by atoms with E-state index in [1.54, 1.807) is 0 Å². The minimum absolute atomic E-state index is 0.549. The molecule has 1 aliphatic carbocycles. The summed E-state index contributed by atoms with van der Waals surface area (Å²) in [6, 6.07) is 0.549. The van der Waals surface area contributed by atoms with Gasteiger partial charge in [0, 0.05) is 6.04 Å². The first-order valence-electron chi connectivity index (χ1n) is 2.59. The minimum atomic E-state index is 0.549. The fourth-order valence-electron chi connectivity index (χ4n) is 0.677. The molecule has 1 rings (SSSR count). The topological polar surface area (TPSA) is 26.0 Å². The summed E-state index contributed by atoms with van der Waals surface area (Å²) in [5, 5.41) is 0. The molecule has 42 valence electrons. The Balaban J connectivity index is 1.98. The average Bonchev–Trinajstić information content (AvgIpc) is 2.22. The molecule has 7 heavy (non-hydrogen) atoms. The average molecular weight is 117 g/mol. The Hall–Kier alpha value is 0.310. The molecule has 0 amide bonds. The van der Waals surface area contributed by atoms with Crippen LogP contribution in [-0.2, 0) is 0 Å². The van der Waals surface area contributed by atoms with Crippen LogP contribution in [0.1, 0.15) is 6.42 Å². The molecule has 0 aromatic rings. The quantitative estimate of drug-likeness (QED) is 0.576. The van der Waals surface area contributed by atoms with Crippen LogP contribution in [0.2, 0.25) is 0 Å². The second-order valence-electron chi connectivity index (χ2n) is 2.11. The van der Waals surface area contributed by atoms with Crippen LogP contribution in [-0.4, -0.2) is 18.1 Å². The molecule has 1 fully saturated rings. The molecule has 1 saturated carbocycles. The summed E-state index contributed by atoms with van der Waals surface area (Å²) in [6.07, 6.45) is 3.39. The van der Waals surface area contributed by atoms with E-state index >= 15 is 0 Å². The minimum Gasteiger partial charge on any atom is -0.327 e. The van der Waals surface area contributed by atoms with E-state index in [1.165, 1.54) is 12.2 Å². The van der Waals surface area contributed by atoms with E-state index in [-0.39, 0.29) is 0 Å². The lowest BCUT2D eigenvalue weighted by atomic mass is 10.5. The number of hydrogen-bond acceptors (Lipinski definition) is 2. The molecule has 0 heterocycles. The van der Waals surface area contributed by atoms with Crippen molar-refractivity contribution in [1.29, 1.82) is 0 Å². The molecule has 1 nitrogen and oxygen atoms in total. The summed E-state index contributed by atoms with van der Waals surface area (Å²) in [5.74, 6) is 2.12. The lowest BCUT2D eigenvalue weighted by Crippen LogP contribution is -2.02. The highest BCUT2D eigenvalue weighted by Crippen LogP contribution is 2.30. The Kier molecular flexibility index (Phi) is 1.60. The third-order valence-electron chi connectivity index (χ3n) is 1.36. The van der Waals surface area contributed by atoms with Gasteiger partial charge >= 0.3 is 0 Å². The van der Waals surface area contributed by atoms with Gasteiger partial charge in [-0.25, -0.2) is 0 Å². The van der Waals surface area contributed by atoms with Gasteiger partial charge in [-0.3, -0.25) is 0 Å². The predicted octanol–water partition coefficient (Wildman–Crippen LogP) is 0.697. The molecule has 0 bridgehead atoms. The van der Waals surface area contributed by atoms with Crippen molar-refractivity contribution >= 4 is 11.8 Å². The molecule has 2 heteroatoms. The summed E-state index contributed by atoms with van der Waals surface area (Å²) in [6.45, 7) is 0. The predicted molar refractivity (Wildman–Crippen MR) is 34.5 cm³/mol. The number of rotatable bonds is 2. The Bertz CT molecular complexity index is 65.1. The zero-order valence-electron chi connectivity index (χ0n) is 4.55. The van der Waals surface area contributed by atoms with Crippen LogP contribution in [0.3, 0.4) is 0 Å². The van der Waals surface area contributed by atoms with Gasteiger partial charge in [-0.05, 0) is 24.3 Å². The van der Waals surface area contributed by atoms with Crippen LogP contribution < -0.4 is 5.73 Å². The fraction of sp³-hybridized carbons (Fsp3) is 1.00. The highest BCUT2D eigenvalue weighted by molar-refractivity contribution is 7.98. The zero-order chi connectivity index (χ0) is 5.28. The lowest BCUT2D eigenvalue weighted by Gasteiger charge is -1.86. The number of thioether (sulfide) groups is 1. The van der Waals surface area contributed by atoms with Gasteiger partial charge in [0.15, 0.2) is 0 Å². The molecule has 2 atom stereocenters. The molecular weight excluding hydrogens is 106 g/mol. The Morgan fingerprint density at radius 1 is 1.86 bits per heavy atom. The molecule has 2 N–H and O–H groups in total. The van der Waals surface area contributed by atoms with Crippen molar-refractivity contribution in [3.8, 4) is 0 Å². The van der Waals surface area contributed by atoms with Crippen LogP contribution >= 0.6 is 11.8 Å². The van der Waals surface area contributed by atoms with Gasteiger partial charge in [0.2, 0.25) is 0 Å². The van der Waals surface area contributed by atoms with Crippen molar-refractivity contribution in [1.82, 2.24) is 0 Å². The van der Waals surface area contributed by atoms with Crippen LogP contribution in [0, 0.1) is 5.92 Å². The van der Waals surface area contributed by atoms with Gasteiger partial charge in [0.05, 0.1) is 0 Å². The smallest absolute Gasteiger partial charge is 0.00791 e. The molecule has 0 saturated heterocycles.